The molecule has 0 heterocycles. The number of hydrogen-bond acceptors (Lipinski definition) is 3. The molecule has 2 unspecified atom stereocenters. The van der Waals surface area contributed by atoms with Crippen LogP contribution >= 0.6 is 0 Å². The summed E-state index contributed by atoms with van der Waals surface area (Å²) in [7, 11) is 0. The molecule has 3 saturated carbocycles. The second kappa shape index (κ2) is 7.92. The predicted octanol–water partition coefficient (Wildman–Crippen LogP) is 6.25. The van der Waals surface area contributed by atoms with Crippen LogP contribution < -0.4 is 0 Å². The first-order valence-corrected chi connectivity index (χ1v) is 12.7. The number of hydrogen-bond donors (Lipinski definition) is 1. The Morgan fingerprint density at radius 2 is 1.90 bits per heavy atom. The van der Waals surface area contributed by atoms with Gasteiger partial charge in [0.25, 0.3) is 0 Å². The van der Waals surface area contributed by atoms with E-state index in [9.17, 15) is 14.7 Å². The minimum absolute atomic E-state index is 0.000983. The number of aliphatic carboxylic acids is 1. The third-order valence-electron chi connectivity index (χ3n) is 10.1. The van der Waals surface area contributed by atoms with Crippen molar-refractivity contribution in [1.82, 2.24) is 0 Å². The quantitative estimate of drug-likeness (QED) is 0.307. The average molecular weight is 431 g/mol. The van der Waals surface area contributed by atoms with Crippen molar-refractivity contribution in [3.63, 3.8) is 0 Å². The van der Waals surface area contributed by atoms with Crippen molar-refractivity contribution in [2.75, 3.05) is 6.61 Å². The highest BCUT2D eigenvalue weighted by atomic mass is 16.5. The number of carbonyl (C=O) groups is 2. The number of carboxylic acid groups (broad SMARTS) is 1. The monoisotopic (exact) mass is 430 g/mol. The highest BCUT2D eigenvalue weighted by Gasteiger charge is 2.67. The second-order valence-electron chi connectivity index (χ2n) is 11.9. The molecular weight excluding hydrogens is 388 g/mol. The Balaban J connectivity index is 1.74. The summed E-state index contributed by atoms with van der Waals surface area (Å²) < 4.78 is 5.80. The summed E-state index contributed by atoms with van der Waals surface area (Å²) in [6.45, 7) is 11.6. The van der Waals surface area contributed by atoms with Gasteiger partial charge < -0.3 is 9.84 Å². The number of rotatable bonds is 6. The van der Waals surface area contributed by atoms with E-state index in [1.165, 1.54) is 5.57 Å². The van der Waals surface area contributed by atoms with Crippen LogP contribution in [0, 0.1) is 45.8 Å². The van der Waals surface area contributed by atoms with Crippen LogP contribution in [0.2, 0.25) is 0 Å². The van der Waals surface area contributed by atoms with E-state index < -0.39 is 11.4 Å². The summed E-state index contributed by atoms with van der Waals surface area (Å²) in [4.78, 5) is 25.7. The first-order chi connectivity index (χ1) is 14.6. The fraction of sp³-hybridized carbons (Fsp3) is 0.852. The van der Waals surface area contributed by atoms with Crippen molar-refractivity contribution >= 4 is 11.9 Å². The number of allylic oxidation sites excluding steroid dienone is 2. The molecule has 1 spiro atoms. The van der Waals surface area contributed by atoms with E-state index in [1.807, 2.05) is 6.92 Å². The third kappa shape index (κ3) is 3.30. The molecule has 4 nitrogen and oxygen atoms in total. The summed E-state index contributed by atoms with van der Waals surface area (Å²) in [6, 6.07) is 0. The highest BCUT2D eigenvalue weighted by Crippen LogP contribution is 2.72. The maximum atomic E-state index is 13.3. The van der Waals surface area contributed by atoms with E-state index in [4.69, 9.17) is 4.74 Å². The molecule has 5 rings (SSSR count). The van der Waals surface area contributed by atoms with Gasteiger partial charge in [-0.25, -0.2) is 0 Å². The van der Waals surface area contributed by atoms with Crippen molar-refractivity contribution < 1.29 is 19.4 Å². The molecule has 0 amide bonds. The fourth-order valence-electron chi connectivity index (χ4n) is 8.55. The molecule has 174 valence electrons. The van der Waals surface area contributed by atoms with Gasteiger partial charge in [0.1, 0.15) is 0 Å². The Morgan fingerprint density at radius 1 is 1.16 bits per heavy atom. The van der Waals surface area contributed by atoms with Gasteiger partial charge in [-0.1, -0.05) is 52.2 Å². The van der Waals surface area contributed by atoms with Crippen molar-refractivity contribution in [3.8, 4) is 0 Å². The van der Waals surface area contributed by atoms with E-state index in [2.05, 4.69) is 33.8 Å². The Labute approximate surface area is 188 Å². The standard InChI is InChI=1S/C27H42O4/c1-6-7-13-31-23(28)20-14-18-15-22-25(4)10-8-11-26(5,24(29)30)21(25)9-12-27(20,22)16-19(18)17(2)3/h16-18,20-22H,6-15H2,1-5H3,(H,29,30)/t18?,20?,21-,22-,25+,26-,27+/m1/s1. The lowest BCUT2D eigenvalue weighted by Gasteiger charge is -2.68. The Bertz CT molecular complexity index is 769. The number of carbonyl (C=O) groups excluding carboxylic acids is 1. The van der Waals surface area contributed by atoms with Gasteiger partial charge in [-0.05, 0) is 81.0 Å². The second-order valence-corrected chi connectivity index (χ2v) is 11.9. The lowest BCUT2D eigenvalue weighted by atomic mass is 9.36. The van der Waals surface area contributed by atoms with Gasteiger partial charge in [-0.15, -0.1) is 0 Å². The van der Waals surface area contributed by atoms with Gasteiger partial charge in [0.05, 0.1) is 17.9 Å². The van der Waals surface area contributed by atoms with E-state index >= 15 is 0 Å². The van der Waals surface area contributed by atoms with Crippen LogP contribution in [0.1, 0.15) is 92.4 Å². The van der Waals surface area contributed by atoms with Crippen LogP contribution in [-0.2, 0) is 14.3 Å². The molecule has 7 atom stereocenters. The number of esters is 1. The van der Waals surface area contributed by atoms with Crippen LogP contribution in [-0.4, -0.2) is 23.7 Å². The van der Waals surface area contributed by atoms with Gasteiger partial charge in [-0.2, -0.15) is 0 Å². The summed E-state index contributed by atoms with van der Waals surface area (Å²) in [5.41, 5.74) is 0.711. The highest BCUT2D eigenvalue weighted by molar-refractivity contribution is 5.76. The molecule has 0 radical (unpaired) electrons. The van der Waals surface area contributed by atoms with Gasteiger partial charge in [0.2, 0.25) is 0 Å². The maximum Gasteiger partial charge on any atom is 0.309 e. The number of ether oxygens (including phenoxy) is 1. The van der Waals surface area contributed by atoms with Crippen molar-refractivity contribution in [2.24, 2.45) is 45.8 Å². The van der Waals surface area contributed by atoms with Gasteiger partial charge in [0.15, 0.2) is 0 Å². The van der Waals surface area contributed by atoms with Crippen LogP contribution in [0.4, 0.5) is 0 Å². The SMILES string of the molecule is CCCCOC(=O)C1CC2C[C@@H]3[C@@]4(C)CCC[C@@](C)(C(=O)O)[C@@H]4CC[C@]13C=C2C(C)C. The third-order valence-corrected chi connectivity index (χ3v) is 10.1. The summed E-state index contributed by atoms with van der Waals surface area (Å²) in [5, 5.41) is 10.2. The van der Waals surface area contributed by atoms with Crippen molar-refractivity contribution in [1.29, 1.82) is 0 Å². The van der Waals surface area contributed by atoms with Crippen LogP contribution in [0.25, 0.3) is 0 Å². The van der Waals surface area contributed by atoms with Crippen LogP contribution in [0.3, 0.4) is 0 Å². The molecule has 1 N–H and O–H groups in total. The van der Waals surface area contributed by atoms with Crippen LogP contribution in [0.5, 0.6) is 0 Å². The zero-order chi connectivity index (χ0) is 22.6. The Morgan fingerprint density at radius 3 is 2.55 bits per heavy atom. The van der Waals surface area contributed by atoms with Gasteiger partial charge in [0, 0.05) is 5.41 Å². The molecule has 4 heteroatoms. The minimum Gasteiger partial charge on any atom is -0.481 e. The summed E-state index contributed by atoms with van der Waals surface area (Å²) >= 11 is 0. The maximum absolute atomic E-state index is 13.3. The molecule has 5 aliphatic carbocycles. The largest absolute Gasteiger partial charge is 0.481 e. The van der Waals surface area contributed by atoms with Gasteiger partial charge in [-0.3, -0.25) is 9.59 Å². The smallest absolute Gasteiger partial charge is 0.309 e. The zero-order valence-corrected chi connectivity index (χ0v) is 20.2. The average Bonchev–Trinajstić information content (AvgIpc) is 2.72. The molecule has 0 saturated heterocycles. The minimum atomic E-state index is -0.646. The Hall–Kier alpha value is -1.32. The first-order valence-electron chi connectivity index (χ1n) is 12.7. The zero-order valence-electron chi connectivity index (χ0n) is 20.2. The lowest BCUT2D eigenvalue weighted by molar-refractivity contribution is -0.197. The molecule has 5 aliphatic rings. The number of unbranched alkanes of at least 4 members (excludes halogenated alkanes) is 1. The molecular formula is C27H42O4. The van der Waals surface area contributed by atoms with E-state index in [0.717, 1.165) is 57.8 Å². The topological polar surface area (TPSA) is 63.6 Å². The first kappa shape index (κ1) is 22.9. The Kier molecular flexibility index (Phi) is 5.84. The number of fused-ring (bicyclic) bond motifs is 2. The van der Waals surface area contributed by atoms with E-state index in [1.54, 1.807) is 0 Å². The molecule has 2 bridgehead atoms. The summed E-state index contributed by atoms with van der Waals surface area (Å²) in [6.07, 6.45) is 11.2. The molecule has 31 heavy (non-hydrogen) atoms. The normalized spacial score (nSPS) is 43.7. The lowest BCUT2D eigenvalue weighted by Crippen LogP contribution is -2.63. The van der Waals surface area contributed by atoms with E-state index in [-0.39, 0.29) is 28.6 Å². The molecule has 0 aromatic rings. The fourth-order valence-corrected chi connectivity index (χ4v) is 8.55. The van der Waals surface area contributed by atoms with Crippen molar-refractivity contribution in [2.45, 2.75) is 92.4 Å². The van der Waals surface area contributed by atoms with Crippen LogP contribution in [0.15, 0.2) is 11.6 Å². The molecule has 0 aromatic heterocycles. The predicted molar refractivity (Wildman–Crippen MR) is 121 cm³/mol. The van der Waals surface area contributed by atoms with Crippen molar-refractivity contribution in [3.05, 3.63) is 11.6 Å². The molecule has 0 aromatic carbocycles. The van der Waals surface area contributed by atoms with Gasteiger partial charge >= 0.3 is 11.9 Å². The molecule has 3 fully saturated rings. The number of carboxylic acids is 1. The molecule has 0 aliphatic heterocycles. The van der Waals surface area contributed by atoms with E-state index in [0.29, 0.717) is 24.4 Å². The summed E-state index contributed by atoms with van der Waals surface area (Å²) in [5.74, 6) is 0.809.